The first kappa shape index (κ1) is 18.4. The van der Waals surface area contributed by atoms with Crippen molar-refractivity contribution in [2.45, 2.75) is 12.8 Å². The lowest BCUT2D eigenvalue weighted by atomic mass is 10.1. The van der Waals surface area contributed by atoms with E-state index in [9.17, 15) is 14.7 Å². The summed E-state index contributed by atoms with van der Waals surface area (Å²) in [6.45, 7) is 2.61. The molecule has 0 aliphatic carbocycles. The molecule has 136 valence electrons. The second-order valence-corrected chi connectivity index (χ2v) is 5.36. The first-order valence-corrected chi connectivity index (χ1v) is 8.04. The number of aromatic hydroxyl groups is 1. The van der Waals surface area contributed by atoms with E-state index in [4.69, 9.17) is 9.84 Å². The number of hydrogen-bond donors (Lipinski definition) is 5. The van der Waals surface area contributed by atoms with Gasteiger partial charge in [-0.25, -0.2) is 0 Å². The Morgan fingerprint density at radius 2 is 2.16 bits per heavy atom. The topological polar surface area (TPSA) is 132 Å². The van der Waals surface area contributed by atoms with E-state index in [0.29, 0.717) is 18.9 Å². The average Bonchev–Trinajstić information content (AvgIpc) is 2.59. The Morgan fingerprint density at radius 1 is 1.32 bits per heavy atom. The lowest BCUT2D eigenvalue weighted by molar-refractivity contribution is -0.136. The number of hydrogen-bond acceptors (Lipinski definition) is 7. The summed E-state index contributed by atoms with van der Waals surface area (Å²) in [7, 11) is 0. The minimum atomic E-state index is -1.00. The molecule has 1 aromatic carbocycles. The van der Waals surface area contributed by atoms with Crippen LogP contribution in [-0.2, 0) is 4.79 Å². The molecular formula is C16H22N4O5. The quantitative estimate of drug-likeness (QED) is 0.414. The monoisotopic (exact) mass is 350 g/mol. The molecule has 1 aromatic rings. The molecule has 1 aliphatic rings. The maximum Gasteiger partial charge on any atom is 0.305 e. The van der Waals surface area contributed by atoms with Crippen LogP contribution in [0, 0.1) is 0 Å². The normalized spacial score (nSPS) is 13.4. The van der Waals surface area contributed by atoms with E-state index in [1.54, 1.807) is 6.07 Å². The molecule has 5 N–H and O–H groups in total. The number of amides is 1. The third-order valence-electron chi connectivity index (χ3n) is 3.40. The van der Waals surface area contributed by atoms with E-state index in [0.717, 1.165) is 25.5 Å². The van der Waals surface area contributed by atoms with Gasteiger partial charge >= 0.3 is 5.97 Å². The van der Waals surface area contributed by atoms with Crippen LogP contribution in [0.15, 0.2) is 23.2 Å². The van der Waals surface area contributed by atoms with E-state index in [2.05, 4.69) is 20.9 Å². The highest BCUT2D eigenvalue weighted by Gasteiger charge is 2.12. The molecule has 1 heterocycles. The number of carboxylic acid groups (broad SMARTS) is 1. The third-order valence-corrected chi connectivity index (χ3v) is 3.40. The number of nitrogens with one attached hydrogen (secondary N) is 3. The maximum atomic E-state index is 11.9. The number of carbonyl (C=O) groups is 2. The van der Waals surface area contributed by atoms with Gasteiger partial charge < -0.3 is 30.9 Å². The van der Waals surface area contributed by atoms with E-state index < -0.39 is 11.9 Å². The molecule has 0 atom stereocenters. The number of carboxylic acids is 1. The van der Waals surface area contributed by atoms with Gasteiger partial charge in [0.05, 0.1) is 18.5 Å². The van der Waals surface area contributed by atoms with Crippen molar-refractivity contribution in [2.24, 2.45) is 4.99 Å². The fourth-order valence-electron chi connectivity index (χ4n) is 2.16. The lowest BCUT2D eigenvalue weighted by Gasteiger charge is -2.16. The summed E-state index contributed by atoms with van der Waals surface area (Å²) >= 11 is 0. The second-order valence-electron chi connectivity index (χ2n) is 5.36. The van der Waals surface area contributed by atoms with E-state index >= 15 is 0 Å². The zero-order chi connectivity index (χ0) is 18.1. The van der Waals surface area contributed by atoms with Gasteiger partial charge in [-0.15, -0.1) is 0 Å². The largest absolute Gasteiger partial charge is 0.507 e. The molecule has 1 aliphatic heterocycles. The van der Waals surface area contributed by atoms with Crippen molar-refractivity contribution in [3.8, 4) is 11.5 Å². The van der Waals surface area contributed by atoms with Crippen molar-refractivity contribution < 1.29 is 24.5 Å². The SMILES string of the molecule is O=C(O)CCNC(=O)c1ccc(OCCNC2=NCCCN2)cc1O. The van der Waals surface area contributed by atoms with Crippen molar-refractivity contribution in [1.82, 2.24) is 16.0 Å². The molecule has 1 amide bonds. The summed E-state index contributed by atoms with van der Waals surface area (Å²) in [5.74, 6) is -0.577. The zero-order valence-corrected chi connectivity index (χ0v) is 13.7. The summed E-state index contributed by atoms with van der Waals surface area (Å²) in [5.41, 5.74) is 0.0663. The highest BCUT2D eigenvalue weighted by molar-refractivity contribution is 5.97. The smallest absolute Gasteiger partial charge is 0.305 e. The fraction of sp³-hybridized carbons (Fsp3) is 0.438. The number of guanidine groups is 1. The molecule has 0 unspecified atom stereocenters. The number of benzene rings is 1. The molecular weight excluding hydrogens is 328 g/mol. The zero-order valence-electron chi connectivity index (χ0n) is 13.7. The molecule has 0 aromatic heterocycles. The summed E-state index contributed by atoms with van der Waals surface area (Å²) in [4.78, 5) is 26.6. The van der Waals surface area contributed by atoms with E-state index in [-0.39, 0.29) is 24.3 Å². The van der Waals surface area contributed by atoms with E-state index in [1.165, 1.54) is 12.1 Å². The van der Waals surface area contributed by atoms with Crippen LogP contribution in [-0.4, -0.2) is 60.8 Å². The minimum Gasteiger partial charge on any atom is -0.507 e. The predicted molar refractivity (Wildman–Crippen MR) is 91.1 cm³/mol. The van der Waals surface area contributed by atoms with Crippen LogP contribution in [0.4, 0.5) is 0 Å². The molecule has 0 fully saturated rings. The Morgan fingerprint density at radius 3 is 2.84 bits per heavy atom. The Bertz CT molecular complexity index is 647. The second kappa shape index (κ2) is 9.36. The fourth-order valence-corrected chi connectivity index (χ4v) is 2.16. The van der Waals surface area contributed by atoms with Crippen LogP contribution in [0.3, 0.4) is 0 Å². The maximum absolute atomic E-state index is 11.9. The Hall–Kier alpha value is -2.97. The first-order chi connectivity index (χ1) is 12.1. The van der Waals surface area contributed by atoms with Crippen LogP contribution in [0.25, 0.3) is 0 Å². The van der Waals surface area contributed by atoms with Gasteiger partial charge in [0.25, 0.3) is 5.91 Å². The Kier molecular flexibility index (Phi) is 6.87. The third kappa shape index (κ3) is 6.21. The van der Waals surface area contributed by atoms with Crippen LogP contribution >= 0.6 is 0 Å². The van der Waals surface area contributed by atoms with Crippen molar-refractivity contribution in [3.63, 3.8) is 0 Å². The molecule has 0 bridgehead atoms. The van der Waals surface area contributed by atoms with Crippen molar-refractivity contribution in [3.05, 3.63) is 23.8 Å². The van der Waals surface area contributed by atoms with Gasteiger partial charge in [-0.2, -0.15) is 0 Å². The molecule has 0 radical (unpaired) electrons. The number of carbonyl (C=O) groups excluding carboxylic acids is 1. The van der Waals surface area contributed by atoms with Gasteiger partial charge in [-0.3, -0.25) is 14.6 Å². The minimum absolute atomic E-state index is 0.00451. The number of rotatable bonds is 8. The standard InChI is InChI=1S/C16H22N4O5/c21-13-10-11(25-9-8-20-16-18-5-1-6-19-16)2-3-12(13)15(24)17-7-4-14(22)23/h2-3,10,21H,1,4-9H2,(H,17,24)(H,22,23)(H2,18,19,20). The lowest BCUT2D eigenvalue weighted by Crippen LogP contribution is -2.42. The molecule has 0 saturated heterocycles. The summed E-state index contributed by atoms with van der Waals surface area (Å²) in [6.07, 6.45) is 0.845. The van der Waals surface area contributed by atoms with Crippen molar-refractivity contribution >= 4 is 17.8 Å². The highest BCUT2D eigenvalue weighted by atomic mass is 16.5. The van der Waals surface area contributed by atoms with Crippen molar-refractivity contribution in [1.29, 1.82) is 0 Å². The number of nitrogens with zero attached hydrogens (tertiary/aromatic N) is 1. The number of aliphatic imine (C=N–C) groups is 1. The van der Waals surface area contributed by atoms with Gasteiger partial charge in [0.15, 0.2) is 5.96 Å². The van der Waals surface area contributed by atoms with Gasteiger partial charge in [-0.1, -0.05) is 0 Å². The van der Waals surface area contributed by atoms with Gasteiger partial charge in [-0.05, 0) is 18.6 Å². The molecule has 0 saturated carbocycles. The number of phenolic OH excluding ortho intramolecular Hbond substituents is 1. The van der Waals surface area contributed by atoms with Crippen LogP contribution in [0.5, 0.6) is 11.5 Å². The Balaban J connectivity index is 1.77. The predicted octanol–water partition coefficient (Wildman–Crippen LogP) is -0.0856. The molecule has 2 rings (SSSR count). The van der Waals surface area contributed by atoms with Crippen LogP contribution in [0.1, 0.15) is 23.2 Å². The molecule has 9 nitrogen and oxygen atoms in total. The Labute approximate surface area is 145 Å². The molecule has 0 spiro atoms. The van der Waals surface area contributed by atoms with Crippen LogP contribution in [0.2, 0.25) is 0 Å². The van der Waals surface area contributed by atoms with E-state index in [1.807, 2.05) is 0 Å². The van der Waals surface area contributed by atoms with Crippen molar-refractivity contribution in [2.75, 3.05) is 32.8 Å². The summed E-state index contributed by atoms with van der Waals surface area (Å²) in [5, 5.41) is 27.1. The first-order valence-electron chi connectivity index (χ1n) is 8.04. The summed E-state index contributed by atoms with van der Waals surface area (Å²) in [6, 6.07) is 4.35. The average molecular weight is 350 g/mol. The highest BCUT2D eigenvalue weighted by Crippen LogP contribution is 2.23. The van der Waals surface area contributed by atoms with Gasteiger partial charge in [0, 0.05) is 25.7 Å². The molecule has 25 heavy (non-hydrogen) atoms. The van der Waals surface area contributed by atoms with Gasteiger partial charge in [0.2, 0.25) is 0 Å². The van der Waals surface area contributed by atoms with Gasteiger partial charge in [0.1, 0.15) is 18.1 Å². The number of aliphatic carboxylic acids is 1. The summed E-state index contributed by atoms with van der Waals surface area (Å²) < 4.78 is 5.51. The number of ether oxygens (including phenoxy) is 1. The molecule has 9 heteroatoms. The number of phenols is 1. The van der Waals surface area contributed by atoms with Crippen LogP contribution < -0.4 is 20.7 Å².